The first-order valence-electron chi connectivity index (χ1n) is 8.41. The zero-order valence-corrected chi connectivity index (χ0v) is 15.0. The van der Waals surface area contributed by atoms with E-state index in [2.05, 4.69) is 10.3 Å². The lowest BCUT2D eigenvalue weighted by atomic mass is 10.1. The van der Waals surface area contributed by atoms with E-state index in [4.69, 9.17) is 4.42 Å². The second-order valence-electron chi connectivity index (χ2n) is 6.29. The Morgan fingerprint density at radius 3 is 2.89 bits per heavy atom. The first-order valence-corrected chi connectivity index (χ1v) is 9.29. The standard InChI is InChI=1S/C19H16FN3O3S/c20-14-5-3-12(4-6-14)16-11-27-19(21-16)22-18(25)13-8-17(24)23(9-13)10-15-2-1-7-26-15/h1-7,11,13H,8-10H2,(H,21,22,25). The lowest BCUT2D eigenvalue weighted by Gasteiger charge is -2.14. The van der Waals surface area contributed by atoms with Crippen LogP contribution in [-0.2, 0) is 16.1 Å². The number of furan rings is 1. The molecule has 6 nitrogen and oxygen atoms in total. The summed E-state index contributed by atoms with van der Waals surface area (Å²) in [7, 11) is 0. The highest BCUT2D eigenvalue weighted by molar-refractivity contribution is 7.14. The van der Waals surface area contributed by atoms with Gasteiger partial charge in [0.05, 0.1) is 24.4 Å². The number of rotatable bonds is 5. The second kappa shape index (κ2) is 7.32. The minimum absolute atomic E-state index is 0.0716. The number of carbonyl (C=O) groups is 2. The topological polar surface area (TPSA) is 75.4 Å². The predicted molar refractivity (Wildman–Crippen MR) is 98.4 cm³/mol. The van der Waals surface area contributed by atoms with E-state index >= 15 is 0 Å². The SMILES string of the molecule is O=C(Nc1nc(-c2ccc(F)cc2)cs1)C1CC(=O)N(Cc2ccco2)C1. The first kappa shape index (κ1) is 17.4. The third-order valence-corrected chi connectivity index (χ3v) is 5.14. The molecule has 1 aromatic carbocycles. The largest absolute Gasteiger partial charge is 0.467 e. The molecular formula is C19H16FN3O3S. The van der Waals surface area contributed by atoms with Crippen molar-refractivity contribution in [3.05, 3.63) is 59.6 Å². The van der Waals surface area contributed by atoms with Gasteiger partial charge in [-0.1, -0.05) is 0 Å². The minimum atomic E-state index is -0.425. The average molecular weight is 385 g/mol. The van der Waals surface area contributed by atoms with Crippen molar-refractivity contribution in [2.75, 3.05) is 11.9 Å². The van der Waals surface area contributed by atoms with E-state index in [9.17, 15) is 14.0 Å². The summed E-state index contributed by atoms with van der Waals surface area (Å²) in [6.07, 6.45) is 1.73. The van der Waals surface area contributed by atoms with E-state index in [0.717, 1.165) is 5.56 Å². The summed E-state index contributed by atoms with van der Waals surface area (Å²) in [6, 6.07) is 9.57. The van der Waals surface area contributed by atoms with Crippen LogP contribution in [0.2, 0.25) is 0 Å². The van der Waals surface area contributed by atoms with Crippen molar-refractivity contribution in [3.63, 3.8) is 0 Å². The van der Waals surface area contributed by atoms with Gasteiger partial charge in [-0.25, -0.2) is 9.37 Å². The third-order valence-electron chi connectivity index (χ3n) is 4.39. The molecule has 1 aliphatic heterocycles. The number of nitrogens with one attached hydrogen (secondary N) is 1. The van der Waals surface area contributed by atoms with Crippen molar-refractivity contribution >= 4 is 28.3 Å². The summed E-state index contributed by atoms with van der Waals surface area (Å²) in [5.74, 6) is -0.352. The Kier molecular flexibility index (Phi) is 4.72. The number of anilines is 1. The number of hydrogen-bond acceptors (Lipinski definition) is 5. The van der Waals surface area contributed by atoms with Gasteiger partial charge in [0.25, 0.3) is 0 Å². The van der Waals surface area contributed by atoms with Gasteiger partial charge in [0.15, 0.2) is 5.13 Å². The normalized spacial score (nSPS) is 16.7. The van der Waals surface area contributed by atoms with Crippen LogP contribution in [0, 0.1) is 11.7 Å². The number of halogens is 1. The summed E-state index contributed by atoms with van der Waals surface area (Å²) in [5.41, 5.74) is 1.44. The van der Waals surface area contributed by atoms with E-state index in [1.807, 2.05) is 0 Å². The van der Waals surface area contributed by atoms with Gasteiger partial charge < -0.3 is 14.6 Å². The van der Waals surface area contributed by atoms with Crippen LogP contribution >= 0.6 is 11.3 Å². The summed E-state index contributed by atoms with van der Waals surface area (Å²) >= 11 is 1.29. The molecule has 0 radical (unpaired) electrons. The fourth-order valence-electron chi connectivity index (χ4n) is 2.98. The molecule has 8 heteroatoms. The Morgan fingerprint density at radius 2 is 2.15 bits per heavy atom. The number of benzene rings is 1. The highest BCUT2D eigenvalue weighted by Crippen LogP contribution is 2.27. The molecule has 1 aliphatic rings. The maximum Gasteiger partial charge on any atom is 0.231 e. The number of nitrogens with zero attached hydrogens (tertiary/aromatic N) is 2. The Bertz CT molecular complexity index is 953. The molecular weight excluding hydrogens is 369 g/mol. The van der Waals surface area contributed by atoms with Gasteiger partial charge in [0.1, 0.15) is 11.6 Å². The fourth-order valence-corrected chi connectivity index (χ4v) is 3.71. The predicted octanol–water partition coefficient (Wildman–Crippen LogP) is 3.53. The summed E-state index contributed by atoms with van der Waals surface area (Å²) in [5, 5.41) is 5.03. The molecule has 2 aromatic heterocycles. The van der Waals surface area contributed by atoms with Crippen molar-refractivity contribution in [2.24, 2.45) is 5.92 Å². The van der Waals surface area contributed by atoms with Crippen molar-refractivity contribution in [1.29, 1.82) is 0 Å². The number of hydrogen-bond donors (Lipinski definition) is 1. The quantitative estimate of drug-likeness (QED) is 0.729. The van der Waals surface area contributed by atoms with Crippen LogP contribution in [0.15, 0.2) is 52.5 Å². The molecule has 1 fully saturated rings. The van der Waals surface area contributed by atoms with Crippen molar-refractivity contribution in [1.82, 2.24) is 9.88 Å². The van der Waals surface area contributed by atoms with Crippen LogP contribution < -0.4 is 5.32 Å². The van der Waals surface area contributed by atoms with Crippen molar-refractivity contribution in [2.45, 2.75) is 13.0 Å². The van der Waals surface area contributed by atoms with Gasteiger partial charge in [-0.3, -0.25) is 9.59 Å². The Balaban J connectivity index is 1.38. The Hall–Kier alpha value is -3.00. The van der Waals surface area contributed by atoms with E-state index < -0.39 is 5.92 Å². The van der Waals surface area contributed by atoms with Gasteiger partial charge in [0.2, 0.25) is 11.8 Å². The fraction of sp³-hybridized carbons (Fsp3) is 0.211. The summed E-state index contributed by atoms with van der Waals surface area (Å²) in [4.78, 5) is 30.6. The lowest BCUT2D eigenvalue weighted by molar-refractivity contribution is -0.128. The van der Waals surface area contributed by atoms with E-state index in [-0.39, 0.29) is 24.1 Å². The summed E-state index contributed by atoms with van der Waals surface area (Å²) in [6.45, 7) is 0.711. The monoisotopic (exact) mass is 385 g/mol. The Labute approximate surface area is 158 Å². The molecule has 0 bridgehead atoms. The first-order chi connectivity index (χ1) is 13.1. The van der Waals surface area contributed by atoms with E-state index in [1.54, 1.807) is 40.8 Å². The van der Waals surface area contributed by atoms with Crippen LogP contribution in [0.4, 0.5) is 9.52 Å². The molecule has 1 saturated heterocycles. The Morgan fingerprint density at radius 1 is 1.33 bits per heavy atom. The molecule has 2 amide bonds. The van der Waals surface area contributed by atoms with Crippen LogP contribution in [-0.4, -0.2) is 28.2 Å². The van der Waals surface area contributed by atoms with E-state index in [0.29, 0.717) is 29.7 Å². The van der Waals surface area contributed by atoms with Crippen LogP contribution in [0.3, 0.4) is 0 Å². The molecule has 1 atom stereocenters. The van der Waals surface area contributed by atoms with Crippen molar-refractivity contribution in [3.8, 4) is 11.3 Å². The van der Waals surface area contributed by atoms with Gasteiger partial charge in [-0.2, -0.15) is 0 Å². The number of likely N-dealkylation sites (tertiary alicyclic amines) is 1. The average Bonchev–Trinajstić information content (AvgIpc) is 3.39. The number of thiazole rings is 1. The highest BCUT2D eigenvalue weighted by Gasteiger charge is 2.35. The van der Waals surface area contributed by atoms with Gasteiger partial charge in [-0.15, -0.1) is 11.3 Å². The van der Waals surface area contributed by atoms with Gasteiger partial charge >= 0.3 is 0 Å². The third kappa shape index (κ3) is 3.90. The number of aromatic nitrogens is 1. The summed E-state index contributed by atoms with van der Waals surface area (Å²) < 4.78 is 18.3. The van der Waals surface area contributed by atoms with Gasteiger partial charge in [0, 0.05) is 23.9 Å². The van der Waals surface area contributed by atoms with Crippen LogP contribution in [0.1, 0.15) is 12.2 Å². The maximum absolute atomic E-state index is 13.0. The lowest BCUT2D eigenvalue weighted by Crippen LogP contribution is -2.27. The molecule has 3 aromatic rings. The number of carbonyl (C=O) groups excluding carboxylic acids is 2. The second-order valence-corrected chi connectivity index (χ2v) is 7.15. The zero-order valence-electron chi connectivity index (χ0n) is 14.2. The molecule has 3 heterocycles. The van der Waals surface area contributed by atoms with Gasteiger partial charge in [-0.05, 0) is 36.4 Å². The zero-order chi connectivity index (χ0) is 18.8. The highest BCUT2D eigenvalue weighted by atomic mass is 32.1. The molecule has 0 saturated carbocycles. The van der Waals surface area contributed by atoms with E-state index in [1.165, 1.54) is 23.5 Å². The molecule has 4 rings (SSSR count). The minimum Gasteiger partial charge on any atom is -0.467 e. The molecule has 138 valence electrons. The smallest absolute Gasteiger partial charge is 0.231 e. The molecule has 1 N–H and O–H groups in total. The van der Waals surface area contributed by atoms with Crippen LogP contribution in [0.25, 0.3) is 11.3 Å². The molecule has 27 heavy (non-hydrogen) atoms. The number of amides is 2. The van der Waals surface area contributed by atoms with Crippen molar-refractivity contribution < 1.29 is 18.4 Å². The molecule has 0 spiro atoms. The maximum atomic E-state index is 13.0. The molecule has 1 unspecified atom stereocenters. The van der Waals surface area contributed by atoms with Crippen LogP contribution in [0.5, 0.6) is 0 Å². The molecule has 0 aliphatic carbocycles.